The first kappa shape index (κ1) is 22.4. The highest BCUT2D eigenvalue weighted by atomic mass is 19.4. The van der Waals surface area contributed by atoms with Gasteiger partial charge in [0.05, 0.1) is 11.7 Å². The Labute approximate surface area is 176 Å². The van der Waals surface area contributed by atoms with E-state index in [2.05, 4.69) is 10.6 Å². The van der Waals surface area contributed by atoms with Crippen LogP contribution in [0.15, 0.2) is 42.5 Å². The SMILES string of the molecule is CNC(=O)c1ccc(Oc2cc(NC(=O)N3CCC(O)CC3)cc(C(F)(F)F)c2)cc1. The number of benzene rings is 2. The maximum Gasteiger partial charge on any atom is 0.416 e. The molecule has 7 nitrogen and oxygen atoms in total. The molecule has 1 heterocycles. The summed E-state index contributed by atoms with van der Waals surface area (Å²) in [5, 5.41) is 14.5. The molecule has 1 aliphatic heterocycles. The van der Waals surface area contributed by atoms with E-state index in [1.807, 2.05) is 0 Å². The Morgan fingerprint density at radius 1 is 1.06 bits per heavy atom. The molecule has 3 amide bonds. The third-order valence-corrected chi connectivity index (χ3v) is 4.82. The van der Waals surface area contributed by atoms with Crippen LogP contribution in [0.4, 0.5) is 23.7 Å². The van der Waals surface area contributed by atoms with Gasteiger partial charge in [-0.3, -0.25) is 4.79 Å². The van der Waals surface area contributed by atoms with Gasteiger partial charge in [-0.15, -0.1) is 0 Å². The van der Waals surface area contributed by atoms with Crippen LogP contribution >= 0.6 is 0 Å². The number of hydrogen-bond donors (Lipinski definition) is 3. The monoisotopic (exact) mass is 437 g/mol. The molecular formula is C21H22F3N3O4. The zero-order valence-electron chi connectivity index (χ0n) is 16.7. The number of amides is 3. The first-order chi connectivity index (χ1) is 14.7. The molecule has 1 saturated heterocycles. The Kier molecular flexibility index (Phi) is 6.69. The van der Waals surface area contributed by atoms with E-state index in [0.717, 1.165) is 12.1 Å². The number of nitrogens with one attached hydrogen (secondary N) is 2. The van der Waals surface area contributed by atoms with Gasteiger partial charge in [-0.05, 0) is 49.2 Å². The van der Waals surface area contributed by atoms with Crippen molar-refractivity contribution in [3.63, 3.8) is 0 Å². The van der Waals surface area contributed by atoms with Crippen molar-refractivity contribution in [2.75, 3.05) is 25.5 Å². The van der Waals surface area contributed by atoms with Crippen LogP contribution in [0.2, 0.25) is 0 Å². The Morgan fingerprint density at radius 3 is 2.29 bits per heavy atom. The van der Waals surface area contributed by atoms with Gasteiger partial charge in [-0.1, -0.05) is 0 Å². The Hall–Kier alpha value is -3.27. The van der Waals surface area contributed by atoms with E-state index in [-0.39, 0.29) is 23.1 Å². The van der Waals surface area contributed by atoms with Crippen LogP contribution in [0.1, 0.15) is 28.8 Å². The highest BCUT2D eigenvalue weighted by Gasteiger charge is 2.32. The molecule has 0 atom stereocenters. The summed E-state index contributed by atoms with van der Waals surface area (Å²) in [4.78, 5) is 25.4. The van der Waals surface area contributed by atoms with Crippen LogP contribution in [-0.2, 0) is 6.18 Å². The van der Waals surface area contributed by atoms with Crippen LogP contribution < -0.4 is 15.4 Å². The summed E-state index contributed by atoms with van der Waals surface area (Å²) in [6.45, 7) is 0.625. The second-order valence-electron chi connectivity index (χ2n) is 7.10. The van der Waals surface area contributed by atoms with Crippen LogP contribution in [-0.4, -0.2) is 48.2 Å². The minimum absolute atomic E-state index is 0.0667. The van der Waals surface area contributed by atoms with Gasteiger partial charge in [-0.2, -0.15) is 13.2 Å². The number of nitrogens with zero attached hydrogens (tertiary/aromatic N) is 1. The second kappa shape index (κ2) is 9.25. The molecule has 2 aromatic rings. The molecule has 0 saturated carbocycles. The van der Waals surface area contributed by atoms with E-state index in [1.165, 1.54) is 42.3 Å². The van der Waals surface area contributed by atoms with E-state index in [9.17, 15) is 27.9 Å². The molecule has 0 radical (unpaired) electrons. The standard InChI is InChI=1S/C21H22F3N3O4/c1-25-19(29)13-2-4-17(5-3-13)31-18-11-14(21(22,23)24)10-15(12-18)26-20(30)27-8-6-16(28)7-9-27/h2-5,10-12,16,28H,6-9H2,1H3,(H,25,29)(H,26,30). The number of likely N-dealkylation sites (tertiary alicyclic amines) is 1. The molecule has 0 bridgehead atoms. The first-order valence-corrected chi connectivity index (χ1v) is 9.62. The fourth-order valence-electron chi connectivity index (χ4n) is 3.12. The Bertz CT molecular complexity index is 940. The molecule has 0 aliphatic carbocycles. The van der Waals surface area contributed by atoms with Crippen LogP contribution in [0.3, 0.4) is 0 Å². The lowest BCUT2D eigenvalue weighted by molar-refractivity contribution is -0.137. The van der Waals surface area contributed by atoms with Gasteiger partial charge in [0.2, 0.25) is 0 Å². The topological polar surface area (TPSA) is 90.9 Å². The van der Waals surface area contributed by atoms with E-state index >= 15 is 0 Å². The predicted octanol–water partition coefficient (Wildman–Crippen LogP) is 3.85. The van der Waals surface area contributed by atoms with E-state index in [1.54, 1.807) is 0 Å². The lowest BCUT2D eigenvalue weighted by atomic mass is 10.1. The number of rotatable bonds is 4. The number of piperidine rings is 1. The number of carbonyl (C=O) groups excluding carboxylic acids is 2. The number of aliphatic hydroxyl groups is 1. The molecule has 3 N–H and O–H groups in total. The van der Waals surface area contributed by atoms with E-state index in [4.69, 9.17) is 4.74 Å². The minimum atomic E-state index is -4.64. The van der Waals surface area contributed by atoms with Crippen molar-refractivity contribution in [2.24, 2.45) is 0 Å². The third kappa shape index (κ3) is 5.88. The van der Waals surface area contributed by atoms with Crippen molar-refractivity contribution in [2.45, 2.75) is 25.1 Å². The molecule has 31 heavy (non-hydrogen) atoms. The van der Waals surface area contributed by atoms with Gasteiger partial charge in [-0.25, -0.2) is 4.79 Å². The molecule has 0 aromatic heterocycles. The lowest BCUT2D eigenvalue weighted by Gasteiger charge is -2.29. The van der Waals surface area contributed by atoms with Crippen molar-refractivity contribution in [1.29, 1.82) is 0 Å². The predicted molar refractivity (Wildman–Crippen MR) is 107 cm³/mol. The van der Waals surface area contributed by atoms with E-state index < -0.39 is 23.9 Å². The minimum Gasteiger partial charge on any atom is -0.457 e. The van der Waals surface area contributed by atoms with Crippen molar-refractivity contribution in [3.05, 3.63) is 53.6 Å². The van der Waals surface area contributed by atoms with Crippen LogP contribution in [0, 0.1) is 0 Å². The lowest BCUT2D eigenvalue weighted by Crippen LogP contribution is -2.42. The molecule has 0 spiro atoms. The molecule has 3 rings (SSSR count). The van der Waals surface area contributed by atoms with Crippen molar-refractivity contribution in [3.8, 4) is 11.5 Å². The number of aliphatic hydroxyl groups excluding tert-OH is 1. The highest BCUT2D eigenvalue weighted by Crippen LogP contribution is 2.35. The van der Waals surface area contributed by atoms with E-state index in [0.29, 0.717) is 31.5 Å². The van der Waals surface area contributed by atoms with Crippen molar-refractivity contribution in [1.82, 2.24) is 10.2 Å². The zero-order valence-corrected chi connectivity index (χ0v) is 16.7. The van der Waals surface area contributed by atoms with Gasteiger partial charge in [0.15, 0.2) is 0 Å². The van der Waals surface area contributed by atoms with Crippen LogP contribution in [0.5, 0.6) is 11.5 Å². The van der Waals surface area contributed by atoms with Gasteiger partial charge >= 0.3 is 12.2 Å². The number of halogens is 3. The molecular weight excluding hydrogens is 415 g/mol. The quantitative estimate of drug-likeness (QED) is 0.678. The maximum absolute atomic E-state index is 13.4. The first-order valence-electron chi connectivity index (χ1n) is 9.62. The third-order valence-electron chi connectivity index (χ3n) is 4.82. The molecule has 10 heteroatoms. The van der Waals surface area contributed by atoms with Gasteiger partial charge in [0.1, 0.15) is 11.5 Å². The summed E-state index contributed by atoms with van der Waals surface area (Å²) in [7, 11) is 1.48. The van der Waals surface area contributed by atoms with Crippen molar-refractivity contribution < 1.29 is 32.6 Å². The number of carbonyl (C=O) groups is 2. The number of urea groups is 1. The number of alkyl halides is 3. The fraction of sp³-hybridized carbons (Fsp3) is 0.333. The summed E-state index contributed by atoms with van der Waals surface area (Å²) < 4.78 is 45.6. The second-order valence-corrected chi connectivity index (χ2v) is 7.10. The molecule has 166 valence electrons. The summed E-state index contributed by atoms with van der Waals surface area (Å²) in [6.07, 6.45) is -4.29. The van der Waals surface area contributed by atoms with Crippen LogP contribution in [0.25, 0.3) is 0 Å². The number of ether oxygens (including phenoxy) is 1. The summed E-state index contributed by atoms with van der Waals surface area (Å²) in [5.41, 5.74) is -0.669. The van der Waals surface area contributed by atoms with Gasteiger partial charge in [0, 0.05) is 37.5 Å². The summed E-state index contributed by atoms with van der Waals surface area (Å²) >= 11 is 0. The van der Waals surface area contributed by atoms with Gasteiger partial charge < -0.3 is 25.4 Å². The zero-order chi connectivity index (χ0) is 22.6. The summed E-state index contributed by atoms with van der Waals surface area (Å²) in [6, 6.07) is 8.29. The molecule has 2 aromatic carbocycles. The Morgan fingerprint density at radius 2 is 1.71 bits per heavy atom. The number of hydrogen-bond acceptors (Lipinski definition) is 4. The number of anilines is 1. The fourth-order valence-corrected chi connectivity index (χ4v) is 3.12. The normalized spacial score (nSPS) is 14.8. The Balaban J connectivity index is 1.80. The average molecular weight is 437 g/mol. The summed E-state index contributed by atoms with van der Waals surface area (Å²) in [5.74, 6) is -0.193. The van der Waals surface area contributed by atoms with Crippen molar-refractivity contribution >= 4 is 17.6 Å². The molecule has 0 unspecified atom stereocenters. The molecule has 1 aliphatic rings. The average Bonchev–Trinajstić information content (AvgIpc) is 2.73. The smallest absolute Gasteiger partial charge is 0.416 e. The van der Waals surface area contributed by atoms with Gasteiger partial charge in [0.25, 0.3) is 5.91 Å². The highest BCUT2D eigenvalue weighted by molar-refractivity contribution is 5.94. The largest absolute Gasteiger partial charge is 0.457 e. The molecule has 1 fully saturated rings. The maximum atomic E-state index is 13.4.